The number of aromatic nitrogens is 2. The number of para-hydroxylation sites is 2. The zero-order chi connectivity index (χ0) is 18.2. The van der Waals surface area contributed by atoms with Crippen LogP contribution in [0.25, 0.3) is 16.6 Å². The van der Waals surface area contributed by atoms with Gasteiger partial charge in [0.2, 0.25) is 6.20 Å². The Morgan fingerprint density at radius 1 is 0.875 bits per heavy atom. The molecular formula is C14H12ClF6N2P. The average molecular weight is 389 g/mol. The fraction of sp³-hybridized carbons (Fsp3) is 0.0714. The quantitative estimate of drug-likeness (QED) is 0.256. The van der Waals surface area contributed by atoms with E-state index in [0.29, 0.717) is 0 Å². The summed E-state index contributed by atoms with van der Waals surface area (Å²) in [5.74, 6) is 0. The first-order chi connectivity index (χ1) is 10.7. The second kappa shape index (κ2) is 5.36. The second-order valence-corrected chi connectivity index (χ2v) is 7.31. The normalized spacial score (nSPS) is 14.5. The van der Waals surface area contributed by atoms with Gasteiger partial charge in [-0.05, 0) is 24.3 Å². The Labute approximate surface area is 138 Å². The summed E-state index contributed by atoms with van der Waals surface area (Å²) in [5.41, 5.74) is 2.15. The third kappa shape index (κ3) is 5.69. The van der Waals surface area contributed by atoms with E-state index in [0.717, 1.165) is 16.2 Å². The first-order valence-corrected chi connectivity index (χ1v) is 8.91. The summed E-state index contributed by atoms with van der Waals surface area (Å²) in [7, 11) is -8.64. The van der Waals surface area contributed by atoms with Crippen LogP contribution in [0.1, 0.15) is 0 Å². The van der Waals surface area contributed by atoms with Crippen molar-refractivity contribution in [1.29, 1.82) is 0 Å². The molecule has 0 bridgehead atoms. The fourth-order valence-corrected chi connectivity index (χ4v) is 2.36. The van der Waals surface area contributed by atoms with Gasteiger partial charge in [-0.25, -0.2) is 0 Å². The van der Waals surface area contributed by atoms with Crippen LogP contribution in [-0.2, 0) is 7.05 Å². The SMILES string of the molecule is C[n+]1cc2ccccc2n1-c1ccccc1Cl.F[P-](F)(F)(F)(F)F. The zero-order valence-corrected chi connectivity index (χ0v) is 13.8. The van der Waals surface area contributed by atoms with Crippen molar-refractivity contribution >= 4 is 30.3 Å². The van der Waals surface area contributed by atoms with Gasteiger partial charge in [-0.3, -0.25) is 0 Å². The van der Waals surface area contributed by atoms with Gasteiger partial charge in [0.1, 0.15) is 11.2 Å². The summed E-state index contributed by atoms with van der Waals surface area (Å²) < 4.78 is 63.4. The second-order valence-electron chi connectivity index (χ2n) is 4.98. The summed E-state index contributed by atoms with van der Waals surface area (Å²) in [6, 6.07) is 16.1. The van der Waals surface area contributed by atoms with E-state index in [-0.39, 0.29) is 0 Å². The molecule has 3 rings (SSSR count). The maximum atomic E-state index is 9.87. The number of aryl methyl sites for hydroxylation is 1. The van der Waals surface area contributed by atoms with Crippen LogP contribution in [0.5, 0.6) is 0 Å². The van der Waals surface area contributed by atoms with E-state index in [1.165, 1.54) is 5.39 Å². The summed E-state index contributed by atoms with van der Waals surface area (Å²) in [4.78, 5) is 0. The van der Waals surface area contributed by atoms with Crippen LogP contribution in [-0.4, -0.2) is 4.68 Å². The minimum atomic E-state index is -10.7. The van der Waals surface area contributed by atoms with Crippen molar-refractivity contribution in [2.75, 3.05) is 0 Å². The summed E-state index contributed by atoms with van der Waals surface area (Å²) in [6.07, 6.45) is 2.10. The molecule has 1 aromatic heterocycles. The molecule has 0 saturated carbocycles. The molecule has 0 unspecified atom stereocenters. The topological polar surface area (TPSA) is 8.81 Å². The number of hydrogen-bond donors (Lipinski definition) is 0. The summed E-state index contributed by atoms with van der Waals surface area (Å²) in [5, 5.41) is 1.96. The Kier molecular flexibility index (Phi) is 4.14. The van der Waals surface area contributed by atoms with Gasteiger partial charge in [-0.2, -0.15) is 0 Å². The van der Waals surface area contributed by atoms with Gasteiger partial charge in [0.05, 0.1) is 10.4 Å². The zero-order valence-electron chi connectivity index (χ0n) is 12.2. The van der Waals surface area contributed by atoms with Crippen LogP contribution in [0, 0.1) is 0 Å². The van der Waals surface area contributed by atoms with Crippen molar-refractivity contribution in [2.45, 2.75) is 0 Å². The Morgan fingerprint density at radius 2 is 1.38 bits per heavy atom. The van der Waals surface area contributed by atoms with E-state index in [1.54, 1.807) is 0 Å². The van der Waals surface area contributed by atoms with Gasteiger partial charge >= 0.3 is 33.0 Å². The molecule has 0 amide bonds. The van der Waals surface area contributed by atoms with Crippen LogP contribution < -0.4 is 4.68 Å². The molecule has 0 fully saturated rings. The molecule has 132 valence electrons. The number of rotatable bonds is 1. The van der Waals surface area contributed by atoms with Crippen LogP contribution >= 0.6 is 19.4 Å². The molecule has 0 aliphatic rings. The van der Waals surface area contributed by atoms with Crippen molar-refractivity contribution in [3.8, 4) is 5.69 Å². The Hall–Kier alpha value is -1.79. The molecule has 0 saturated heterocycles. The van der Waals surface area contributed by atoms with Crippen LogP contribution in [0.15, 0.2) is 54.7 Å². The maximum absolute atomic E-state index is 10.7. The number of halogens is 7. The number of nitrogens with zero attached hydrogens (tertiary/aromatic N) is 2. The van der Waals surface area contributed by atoms with E-state index in [9.17, 15) is 25.2 Å². The first-order valence-electron chi connectivity index (χ1n) is 6.50. The van der Waals surface area contributed by atoms with Gasteiger partial charge in [-0.15, -0.1) is 9.36 Å². The summed E-state index contributed by atoms with van der Waals surface area (Å²) in [6.45, 7) is 0. The molecule has 10 heteroatoms. The van der Waals surface area contributed by atoms with Crippen molar-refractivity contribution < 1.29 is 29.9 Å². The molecule has 2 nitrogen and oxygen atoms in total. The average Bonchev–Trinajstić information content (AvgIpc) is 2.72. The molecule has 0 atom stereocenters. The van der Waals surface area contributed by atoms with Gasteiger partial charge in [-0.1, -0.05) is 35.9 Å². The molecular weight excluding hydrogens is 377 g/mol. The van der Waals surface area contributed by atoms with Crippen molar-refractivity contribution in [1.82, 2.24) is 4.68 Å². The third-order valence-corrected chi connectivity index (χ3v) is 3.21. The number of benzene rings is 2. The van der Waals surface area contributed by atoms with Crippen LogP contribution in [0.3, 0.4) is 0 Å². The van der Waals surface area contributed by atoms with Crippen molar-refractivity contribution in [3.63, 3.8) is 0 Å². The Balaban J connectivity index is 0.000000256. The first kappa shape index (κ1) is 18.5. The fourth-order valence-electron chi connectivity index (χ4n) is 2.14. The Morgan fingerprint density at radius 3 is 1.96 bits per heavy atom. The molecule has 0 spiro atoms. The van der Waals surface area contributed by atoms with Crippen LogP contribution in [0.2, 0.25) is 5.02 Å². The molecule has 0 radical (unpaired) electrons. The third-order valence-electron chi connectivity index (χ3n) is 2.89. The van der Waals surface area contributed by atoms with Gasteiger partial charge in [0.15, 0.2) is 7.05 Å². The van der Waals surface area contributed by atoms with Crippen LogP contribution in [0.4, 0.5) is 25.2 Å². The standard InChI is InChI=1S/C14H12ClN2.F6P/c1-16-10-11-6-2-4-8-13(11)17(16)14-9-5-3-7-12(14)15;1-7(2,3,4,5)6/h2-10H,1H3;/q+1;-1. The predicted octanol–water partition coefficient (Wildman–Crippen LogP) is 6.49. The van der Waals surface area contributed by atoms with Gasteiger partial charge in [0, 0.05) is 0 Å². The van der Waals surface area contributed by atoms with Crippen molar-refractivity contribution in [3.05, 3.63) is 59.8 Å². The molecule has 0 aliphatic carbocycles. The minimum absolute atomic E-state index is 0.754. The molecule has 1 heterocycles. The number of fused-ring (bicyclic) bond motifs is 1. The monoisotopic (exact) mass is 388 g/mol. The molecule has 0 aliphatic heterocycles. The molecule has 0 N–H and O–H groups in total. The van der Waals surface area contributed by atoms with Crippen molar-refractivity contribution in [2.24, 2.45) is 7.05 Å². The number of hydrogen-bond acceptors (Lipinski definition) is 0. The van der Waals surface area contributed by atoms with E-state index >= 15 is 0 Å². The van der Waals surface area contributed by atoms with E-state index in [2.05, 4.69) is 23.0 Å². The summed E-state index contributed by atoms with van der Waals surface area (Å²) >= 11 is 6.25. The van der Waals surface area contributed by atoms with Gasteiger partial charge in [0.25, 0.3) is 0 Å². The van der Waals surface area contributed by atoms with E-state index < -0.39 is 7.81 Å². The molecule has 2 aromatic carbocycles. The molecule has 3 aromatic rings. The van der Waals surface area contributed by atoms with E-state index in [4.69, 9.17) is 11.6 Å². The van der Waals surface area contributed by atoms with Gasteiger partial charge < -0.3 is 0 Å². The molecule has 24 heavy (non-hydrogen) atoms. The Bertz CT molecular complexity index is 878. The van der Waals surface area contributed by atoms with E-state index in [1.807, 2.05) is 48.1 Å². The predicted molar refractivity (Wildman–Crippen MR) is 83.0 cm³/mol.